The van der Waals surface area contributed by atoms with E-state index in [2.05, 4.69) is 20.7 Å². The van der Waals surface area contributed by atoms with Crippen LogP contribution in [0.15, 0.2) is 18.2 Å². The fourth-order valence-corrected chi connectivity index (χ4v) is 2.23. The summed E-state index contributed by atoms with van der Waals surface area (Å²) in [5.74, 6) is 0.609. The number of carbonyl (C=O) groups is 1. The van der Waals surface area contributed by atoms with E-state index in [-0.39, 0.29) is 0 Å². The van der Waals surface area contributed by atoms with Crippen LogP contribution in [0.2, 0.25) is 0 Å². The first-order valence-corrected chi connectivity index (χ1v) is 7.36. The van der Waals surface area contributed by atoms with Crippen molar-refractivity contribution in [2.24, 2.45) is 0 Å². The molecular weight excluding hydrogens is 268 g/mol. The van der Waals surface area contributed by atoms with E-state index >= 15 is 0 Å². The molecule has 2 N–H and O–H groups in total. The maximum absolute atomic E-state index is 11.6. The van der Waals surface area contributed by atoms with Gasteiger partial charge in [0.15, 0.2) is 0 Å². The zero-order chi connectivity index (χ0) is 15.3. The second-order valence-corrected chi connectivity index (χ2v) is 6.25. The van der Waals surface area contributed by atoms with Crippen LogP contribution < -0.4 is 10.9 Å². The van der Waals surface area contributed by atoms with Gasteiger partial charge < -0.3 is 4.74 Å². The molecule has 1 aromatic rings. The first-order chi connectivity index (χ1) is 9.92. The lowest BCUT2D eigenvalue weighted by molar-refractivity contribution is 0.0541. The van der Waals surface area contributed by atoms with Gasteiger partial charge in [-0.25, -0.2) is 15.2 Å². The molecule has 1 fully saturated rings. The van der Waals surface area contributed by atoms with Crippen molar-refractivity contribution in [1.82, 2.24) is 15.3 Å². The number of hydrogen-bond acceptors (Lipinski definition) is 5. The fraction of sp³-hybridized carbons (Fsp3) is 0.600. The summed E-state index contributed by atoms with van der Waals surface area (Å²) < 4.78 is 5.15. The minimum absolute atomic E-state index is 0.517. The van der Waals surface area contributed by atoms with Crippen LogP contribution in [0.5, 0.6) is 0 Å². The smallest absolute Gasteiger partial charge is 0.426 e. The minimum Gasteiger partial charge on any atom is -0.443 e. The molecule has 1 amide bonds. The van der Waals surface area contributed by atoms with E-state index in [9.17, 15) is 4.79 Å². The maximum atomic E-state index is 11.6. The molecule has 0 spiro atoms. The van der Waals surface area contributed by atoms with Crippen molar-refractivity contribution in [3.63, 3.8) is 0 Å². The van der Waals surface area contributed by atoms with Crippen molar-refractivity contribution in [2.75, 3.05) is 18.5 Å². The third kappa shape index (κ3) is 5.59. The average molecular weight is 292 g/mol. The summed E-state index contributed by atoms with van der Waals surface area (Å²) in [6.45, 7) is 8.58. The van der Waals surface area contributed by atoms with Gasteiger partial charge in [0.05, 0.1) is 5.69 Å². The molecule has 1 aliphatic rings. The molecule has 1 aromatic heterocycles. The summed E-state index contributed by atoms with van der Waals surface area (Å²) in [5.41, 5.74) is 5.74. The molecule has 21 heavy (non-hydrogen) atoms. The second kappa shape index (κ2) is 6.76. The third-order valence-corrected chi connectivity index (χ3v) is 3.08. The van der Waals surface area contributed by atoms with Gasteiger partial charge in [0.25, 0.3) is 0 Å². The summed E-state index contributed by atoms with van der Waals surface area (Å²) in [6.07, 6.45) is 2.00. The number of likely N-dealkylation sites (tertiary alicyclic amines) is 1. The molecule has 6 heteroatoms. The Bertz CT molecular complexity index is 479. The lowest BCUT2D eigenvalue weighted by Crippen LogP contribution is -2.36. The minimum atomic E-state index is -0.519. The van der Waals surface area contributed by atoms with Gasteiger partial charge in [-0.1, -0.05) is 6.07 Å². The zero-order valence-corrected chi connectivity index (χ0v) is 13.0. The Hall–Kier alpha value is -1.82. The molecule has 0 atom stereocenters. The molecule has 0 bridgehead atoms. The first kappa shape index (κ1) is 15.6. The molecule has 0 aromatic carbocycles. The predicted molar refractivity (Wildman–Crippen MR) is 81.7 cm³/mol. The lowest BCUT2D eigenvalue weighted by Gasteiger charge is -2.20. The Morgan fingerprint density at radius 2 is 2.05 bits per heavy atom. The number of hydrazine groups is 1. The number of carbonyl (C=O) groups excluding carboxylic acids is 1. The third-order valence-electron chi connectivity index (χ3n) is 3.08. The molecule has 0 radical (unpaired) electrons. The molecule has 1 saturated heterocycles. The van der Waals surface area contributed by atoms with Crippen molar-refractivity contribution < 1.29 is 9.53 Å². The summed E-state index contributed by atoms with van der Waals surface area (Å²) in [7, 11) is 0. The zero-order valence-electron chi connectivity index (χ0n) is 13.0. The Labute approximate surface area is 125 Å². The van der Waals surface area contributed by atoms with Gasteiger partial charge in [0.2, 0.25) is 0 Å². The van der Waals surface area contributed by atoms with Gasteiger partial charge in [0, 0.05) is 6.54 Å². The summed E-state index contributed by atoms with van der Waals surface area (Å²) in [6, 6.07) is 5.74. The van der Waals surface area contributed by atoms with Crippen LogP contribution in [-0.4, -0.2) is 34.7 Å². The summed E-state index contributed by atoms with van der Waals surface area (Å²) in [5, 5.41) is 0. The van der Waals surface area contributed by atoms with Crippen LogP contribution >= 0.6 is 0 Å². The predicted octanol–water partition coefficient (Wildman–Crippen LogP) is 2.53. The van der Waals surface area contributed by atoms with Gasteiger partial charge in [-0.15, -0.1) is 0 Å². The normalized spacial score (nSPS) is 15.8. The van der Waals surface area contributed by atoms with Gasteiger partial charge in [-0.3, -0.25) is 10.3 Å². The fourth-order valence-electron chi connectivity index (χ4n) is 2.23. The van der Waals surface area contributed by atoms with Gasteiger partial charge in [-0.2, -0.15) is 0 Å². The van der Waals surface area contributed by atoms with E-state index in [1.807, 2.05) is 39.0 Å². The standard InChI is InChI=1S/C15H24N4O2/c1-15(2,3)21-14(20)18-17-13-8-6-7-12(16-13)11-19-9-4-5-10-19/h6-8H,4-5,9-11H2,1-3H3,(H,16,17)(H,18,20). The largest absolute Gasteiger partial charge is 0.443 e. The number of amides is 1. The lowest BCUT2D eigenvalue weighted by atomic mass is 10.2. The Morgan fingerprint density at radius 1 is 1.33 bits per heavy atom. The summed E-state index contributed by atoms with van der Waals surface area (Å²) in [4.78, 5) is 18.4. The van der Waals surface area contributed by atoms with Crippen molar-refractivity contribution in [3.8, 4) is 0 Å². The van der Waals surface area contributed by atoms with Crippen molar-refractivity contribution in [3.05, 3.63) is 23.9 Å². The number of ether oxygens (including phenoxy) is 1. The van der Waals surface area contributed by atoms with Crippen LogP contribution in [0.25, 0.3) is 0 Å². The highest BCUT2D eigenvalue weighted by Crippen LogP contribution is 2.13. The van der Waals surface area contributed by atoms with Crippen molar-refractivity contribution in [2.45, 2.75) is 45.8 Å². The Kier molecular flexibility index (Phi) is 5.01. The van der Waals surface area contributed by atoms with E-state index in [4.69, 9.17) is 4.74 Å². The first-order valence-electron chi connectivity index (χ1n) is 7.36. The maximum Gasteiger partial charge on any atom is 0.426 e. The molecule has 0 aliphatic carbocycles. The number of nitrogens with zero attached hydrogens (tertiary/aromatic N) is 2. The van der Waals surface area contributed by atoms with Crippen molar-refractivity contribution in [1.29, 1.82) is 0 Å². The summed E-state index contributed by atoms with van der Waals surface area (Å²) >= 11 is 0. The molecule has 2 heterocycles. The van der Waals surface area contributed by atoms with Crippen LogP contribution in [0.1, 0.15) is 39.3 Å². The quantitative estimate of drug-likeness (QED) is 0.835. The van der Waals surface area contributed by atoms with Gasteiger partial charge >= 0.3 is 6.09 Å². The van der Waals surface area contributed by atoms with E-state index in [1.165, 1.54) is 12.8 Å². The molecule has 1 aliphatic heterocycles. The number of pyridine rings is 1. The molecular formula is C15H24N4O2. The van der Waals surface area contributed by atoms with E-state index in [0.29, 0.717) is 5.82 Å². The van der Waals surface area contributed by atoms with Gasteiger partial charge in [0.1, 0.15) is 11.4 Å². The average Bonchev–Trinajstić information content (AvgIpc) is 2.88. The van der Waals surface area contributed by atoms with Crippen molar-refractivity contribution >= 4 is 11.9 Å². The molecule has 0 unspecified atom stereocenters. The van der Waals surface area contributed by atoms with E-state index < -0.39 is 11.7 Å². The second-order valence-electron chi connectivity index (χ2n) is 6.25. The highest BCUT2D eigenvalue weighted by Gasteiger charge is 2.16. The topological polar surface area (TPSA) is 66.5 Å². The van der Waals surface area contributed by atoms with Crippen LogP contribution in [0.3, 0.4) is 0 Å². The molecule has 2 rings (SSSR count). The van der Waals surface area contributed by atoms with Crippen LogP contribution in [0, 0.1) is 0 Å². The number of anilines is 1. The van der Waals surface area contributed by atoms with E-state index in [0.717, 1.165) is 25.3 Å². The van der Waals surface area contributed by atoms with Crippen LogP contribution in [-0.2, 0) is 11.3 Å². The number of aromatic nitrogens is 1. The van der Waals surface area contributed by atoms with E-state index in [1.54, 1.807) is 0 Å². The number of rotatable bonds is 4. The number of hydrogen-bond donors (Lipinski definition) is 2. The Balaban J connectivity index is 1.84. The van der Waals surface area contributed by atoms with Crippen LogP contribution in [0.4, 0.5) is 10.6 Å². The molecule has 0 saturated carbocycles. The molecule has 6 nitrogen and oxygen atoms in total. The molecule has 116 valence electrons. The number of nitrogens with one attached hydrogen (secondary N) is 2. The monoisotopic (exact) mass is 292 g/mol. The SMILES string of the molecule is CC(C)(C)OC(=O)NNc1cccc(CN2CCCC2)n1. The highest BCUT2D eigenvalue weighted by atomic mass is 16.6. The highest BCUT2D eigenvalue weighted by molar-refractivity contribution is 5.69. The van der Waals surface area contributed by atoms with Gasteiger partial charge in [-0.05, 0) is 58.8 Å². The Morgan fingerprint density at radius 3 is 2.71 bits per heavy atom.